The van der Waals surface area contributed by atoms with Crippen molar-refractivity contribution in [3.63, 3.8) is 0 Å². The Labute approximate surface area is 181 Å². The average molecular weight is 424 g/mol. The van der Waals surface area contributed by atoms with Gasteiger partial charge in [0.1, 0.15) is 17.5 Å². The molecule has 0 aromatic carbocycles. The van der Waals surface area contributed by atoms with Crippen LogP contribution in [0, 0.1) is 0 Å². The fourth-order valence-electron chi connectivity index (χ4n) is 3.67. The van der Waals surface area contributed by atoms with Crippen LogP contribution in [0.1, 0.15) is 42.8 Å². The maximum Gasteiger partial charge on any atom is 0.227 e. The Hall–Kier alpha value is -3.14. The van der Waals surface area contributed by atoms with Crippen LogP contribution in [0.2, 0.25) is 0 Å². The Balaban J connectivity index is 1.35. The van der Waals surface area contributed by atoms with E-state index in [0.717, 1.165) is 67.2 Å². The Morgan fingerprint density at radius 2 is 1.97 bits per heavy atom. The van der Waals surface area contributed by atoms with Gasteiger partial charge in [0.15, 0.2) is 5.76 Å². The van der Waals surface area contributed by atoms with E-state index in [1.54, 1.807) is 0 Å². The molecule has 1 saturated heterocycles. The zero-order valence-electron chi connectivity index (χ0n) is 18.1. The quantitative estimate of drug-likeness (QED) is 0.503. The molecule has 1 aliphatic carbocycles. The molecule has 164 valence electrons. The number of hydrogen-bond acceptors (Lipinski definition) is 9. The Kier molecular flexibility index (Phi) is 5.46. The van der Waals surface area contributed by atoms with Crippen molar-refractivity contribution in [2.75, 3.05) is 48.8 Å². The maximum absolute atomic E-state index is 5.38. The fraction of sp³-hybridized carbons (Fsp3) is 0.524. The van der Waals surface area contributed by atoms with Gasteiger partial charge in [0.05, 0.1) is 17.9 Å². The van der Waals surface area contributed by atoms with E-state index in [4.69, 9.17) is 9.51 Å². The molecule has 1 aliphatic heterocycles. The summed E-state index contributed by atoms with van der Waals surface area (Å²) in [4.78, 5) is 14.1. The summed E-state index contributed by atoms with van der Waals surface area (Å²) in [6.07, 6.45) is 3.29. The maximum atomic E-state index is 5.38. The van der Waals surface area contributed by atoms with Gasteiger partial charge < -0.3 is 25.0 Å². The van der Waals surface area contributed by atoms with Crippen molar-refractivity contribution in [3.05, 3.63) is 35.3 Å². The molecular weight excluding hydrogens is 394 g/mol. The number of H-pyrrole nitrogens is 1. The third kappa shape index (κ3) is 4.79. The summed E-state index contributed by atoms with van der Waals surface area (Å²) in [5.74, 6) is 4.40. The number of aromatic nitrogens is 5. The molecule has 3 N–H and O–H groups in total. The Morgan fingerprint density at radius 1 is 1.13 bits per heavy atom. The van der Waals surface area contributed by atoms with Crippen LogP contribution in [0.4, 0.5) is 23.4 Å². The third-order valence-electron chi connectivity index (χ3n) is 5.79. The van der Waals surface area contributed by atoms with Gasteiger partial charge in [-0.1, -0.05) is 12.1 Å². The van der Waals surface area contributed by atoms with Crippen molar-refractivity contribution >= 4 is 23.4 Å². The van der Waals surface area contributed by atoms with Gasteiger partial charge in [0, 0.05) is 50.3 Å². The number of aromatic amines is 1. The fourth-order valence-corrected chi connectivity index (χ4v) is 3.67. The smallest absolute Gasteiger partial charge is 0.227 e. The molecule has 0 unspecified atom stereocenters. The van der Waals surface area contributed by atoms with Gasteiger partial charge >= 0.3 is 0 Å². The van der Waals surface area contributed by atoms with E-state index in [-0.39, 0.29) is 0 Å². The molecule has 4 heterocycles. The second kappa shape index (κ2) is 8.54. The van der Waals surface area contributed by atoms with Gasteiger partial charge in [-0.15, -0.1) is 0 Å². The molecule has 1 saturated carbocycles. The first-order valence-corrected chi connectivity index (χ1v) is 11.0. The summed E-state index contributed by atoms with van der Waals surface area (Å²) in [5, 5.41) is 18.2. The number of hydrogen-bond donors (Lipinski definition) is 3. The summed E-state index contributed by atoms with van der Waals surface area (Å²) in [6.45, 7) is 6.43. The van der Waals surface area contributed by atoms with E-state index in [0.29, 0.717) is 18.4 Å². The van der Waals surface area contributed by atoms with E-state index < -0.39 is 0 Å². The highest BCUT2D eigenvalue weighted by atomic mass is 16.5. The van der Waals surface area contributed by atoms with Crippen molar-refractivity contribution in [3.8, 4) is 0 Å². The summed E-state index contributed by atoms with van der Waals surface area (Å²) in [5.41, 5.74) is 2.06. The molecule has 31 heavy (non-hydrogen) atoms. The summed E-state index contributed by atoms with van der Waals surface area (Å²) in [7, 11) is 2.15. The molecule has 0 atom stereocenters. The lowest BCUT2D eigenvalue weighted by atomic mass is 10.3. The van der Waals surface area contributed by atoms with Crippen molar-refractivity contribution in [2.45, 2.75) is 38.6 Å². The van der Waals surface area contributed by atoms with Crippen molar-refractivity contribution in [2.24, 2.45) is 0 Å². The SMILES string of the molecule is CCc1cc(CNc2nc(Nc3cc(C4CC4)n[nH]3)cc(N3CCN(C)CC3)n2)on1. The zero-order valence-corrected chi connectivity index (χ0v) is 18.1. The highest BCUT2D eigenvalue weighted by molar-refractivity contribution is 5.60. The molecule has 0 radical (unpaired) electrons. The number of piperazine rings is 1. The van der Waals surface area contributed by atoms with Gasteiger partial charge in [-0.3, -0.25) is 5.10 Å². The summed E-state index contributed by atoms with van der Waals surface area (Å²) < 4.78 is 5.38. The highest BCUT2D eigenvalue weighted by Crippen LogP contribution is 2.39. The zero-order chi connectivity index (χ0) is 21.2. The topological polar surface area (TPSA) is 111 Å². The molecule has 0 bridgehead atoms. The molecule has 10 heteroatoms. The van der Waals surface area contributed by atoms with Gasteiger partial charge in [0.25, 0.3) is 0 Å². The van der Waals surface area contributed by atoms with Gasteiger partial charge in [-0.25, -0.2) is 0 Å². The van der Waals surface area contributed by atoms with E-state index in [1.807, 2.05) is 12.1 Å². The number of likely N-dealkylation sites (N-methyl/N-ethyl adjacent to an activating group) is 1. The molecular formula is C21H29N9O. The van der Waals surface area contributed by atoms with Crippen LogP contribution in [0.15, 0.2) is 22.7 Å². The van der Waals surface area contributed by atoms with Crippen LogP contribution in [-0.2, 0) is 13.0 Å². The van der Waals surface area contributed by atoms with E-state index in [2.05, 4.69) is 60.8 Å². The summed E-state index contributed by atoms with van der Waals surface area (Å²) >= 11 is 0. The second-order valence-electron chi connectivity index (χ2n) is 8.32. The molecule has 0 spiro atoms. The van der Waals surface area contributed by atoms with Crippen LogP contribution >= 0.6 is 0 Å². The van der Waals surface area contributed by atoms with Crippen LogP contribution < -0.4 is 15.5 Å². The summed E-state index contributed by atoms with van der Waals surface area (Å²) in [6, 6.07) is 6.03. The largest absolute Gasteiger partial charge is 0.359 e. The minimum absolute atomic E-state index is 0.481. The molecule has 3 aromatic heterocycles. The van der Waals surface area contributed by atoms with Crippen LogP contribution in [-0.4, -0.2) is 63.4 Å². The van der Waals surface area contributed by atoms with E-state index >= 15 is 0 Å². The molecule has 2 fully saturated rings. The predicted molar refractivity (Wildman–Crippen MR) is 119 cm³/mol. The first-order valence-electron chi connectivity index (χ1n) is 11.0. The average Bonchev–Trinajstić information content (AvgIpc) is 3.35. The predicted octanol–water partition coefficient (Wildman–Crippen LogP) is 2.74. The molecule has 5 rings (SSSR count). The first-order chi connectivity index (χ1) is 15.2. The van der Waals surface area contributed by atoms with Crippen LogP contribution in [0.3, 0.4) is 0 Å². The van der Waals surface area contributed by atoms with Gasteiger partial charge in [-0.2, -0.15) is 15.1 Å². The highest BCUT2D eigenvalue weighted by Gasteiger charge is 2.26. The number of rotatable bonds is 8. The first kappa shape index (κ1) is 19.8. The minimum atomic E-state index is 0.481. The Bertz CT molecular complexity index is 1020. The van der Waals surface area contributed by atoms with Gasteiger partial charge in [-0.05, 0) is 26.3 Å². The number of nitrogens with one attached hydrogen (secondary N) is 3. The number of aryl methyl sites for hydroxylation is 1. The standard InChI is InChI=1S/C21H29N9O/c1-3-15-10-16(31-28-15)13-22-21-24-18(23-19-11-17(26-27-19)14-4-5-14)12-20(25-21)30-8-6-29(2)7-9-30/h10-12,14H,3-9,13H2,1-2H3,(H3,22,23,24,25,26,27). The minimum Gasteiger partial charge on any atom is -0.359 e. The molecule has 2 aliphatic rings. The van der Waals surface area contributed by atoms with Crippen LogP contribution in [0.5, 0.6) is 0 Å². The van der Waals surface area contributed by atoms with E-state index in [1.165, 1.54) is 12.8 Å². The van der Waals surface area contributed by atoms with Crippen LogP contribution in [0.25, 0.3) is 0 Å². The second-order valence-corrected chi connectivity index (χ2v) is 8.32. The number of nitrogens with zero attached hydrogens (tertiary/aromatic N) is 6. The molecule has 0 amide bonds. The van der Waals surface area contributed by atoms with Crippen molar-refractivity contribution < 1.29 is 4.52 Å². The lowest BCUT2D eigenvalue weighted by Gasteiger charge is -2.33. The van der Waals surface area contributed by atoms with Gasteiger partial charge in [0.2, 0.25) is 5.95 Å². The molecule has 10 nitrogen and oxygen atoms in total. The monoisotopic (exact) mass is 423 g/mol. The lowest BCUT2D eigenvalue weighted by Crippen LogP contribution is -2.44. The third-order valence-corrected chi connectivity index (χ3v) is 5.79. The molecule has 3 aromatic rings. The normalized spacial score (nSPS) is 17.2. The number of anilines is 4. The lowest BCUT2D eigenvalue weighted by molar-refractivity contribution is 0.312. The van der Waals surface area contributed by atoms with E-state index in [9.17, 15) is 0 Å². The Morgan fingerprint density at radius 3 is 2.71 bits per heavy atom. The van der Waals surface area contributed by atoms with Crippen molar-refractivity contribution in [1.82, 2.24) is 30.2 Å². The van der Waals surface area contributed by atoms with Crippen molar-refractivity contribution in [1.29, 1.82) is 0 Å².